The largest absolute Gasteiger partial charge is 0.492 e. The zero-order valence-corrected chi connectivity index (χ0v) is 23.4. The highest BCUT2D eigenvalue weighted by Gasteiger charge is 2.73. The number of carbonyl (C=O) groups is 3. The van der Waals surface area contributed by atoms with Crippen LogP contribution in [0.5, 0.6) is 5.75 Å². The minimum absolute atomic E-state index is 0.0108. The monoisotopic (exact) mass is 581 g/mol. The molecule has 1 saturated carbocycles. The fourth-order valence-electron chi connectivity index (χ4n) is 7.02. The molecule has 0 bridgehead atoms. The van der Waals surface area contributed by atoms with E-state index in [1.807, 2.05) is 6.07 Å². The standard InChI is InChI=1S/C27H35N9O6/c1-25(2)8-9-42-19-14(4-3-5-15(19)25)21(38)31-17-11-36-23(29)30-16(20-26(36,27(17,40)41)33-22(28)32-20)10-35-18(37)12-34(24(35)39)13-6-7-13/h3-5,13,16-17,20,40-41H,6-12H2,1-2H3,(H2,29,30)(H,31,38)(H3,28,32,33)/t16?,17?,20?,26-/m0/s1. The Labute approximate surface area is 241 Å². The van der Waals surface area contributed by atoms with Gasteiger partial charge in [-0.05, 0) is 30.7 Å². The topological polar surface area (TPSA) is 211 Å². The Hall–Kier alpha value is -4.11. The summed E-state index contributed by atoms with van der Waals surface area (Å²) in [7, 11) is 0. The predicted octanol–water partition coefficient (Wildman–Crippen LogP) is -2.05. The van der Waals surface area contributed by atoms with Crippen molar-refractivity contribution in [3.05, 3.63) is 29.3 Å². The molecule has 1 aromatic rings. The number of carbonyl (C=O) groups excluding carboxylic acids is 3. The van der Waals surface area contributed by atoms with Gasteiger partial charge in [0, 0.05) is 18.2 Å². The first-order valence-corrected chi connectivity index (χ1v) is 14.2. The Bertz CT molecular complexity index is 1460. The van der Waals surface area contributed by atoms with Crippen molar-refractivity contribution in [2.24, 2.45) is 21.5 Å². The number of ether oxygens (including phenoxy) is 1. The Morgan fingerprint density at radius 2 is 1.98 bits per heavy atom. The van der Waals surface area contributed by atoms with E-state index >= 15 is 0 Å². The van der Waals surface area contributed by atoms with Gasteiger partial charge in [0.2, 0.25) is 11.7 Å². The highest BCUT2D eigenvalue weighted by molar-refractivity contribution is 6.02. The Kier molecular flexibility index (Phi) is 5.55. The van der Waals surface area contributed by atoms with Crippen molar-refractivity contribution in [2.45, 2.75) is 74.1 Å². The van der Waals surface area contributed by atoms with Crippen molar-refractivity contribution >= 4 is 29.8 Å². The van der Waals surface area contributed by atoms with E-state index in [2.05, 4.69) is 34.5 Å². The van der Waals surface area contributed by atoms with Gasteiger partial charge in [0.1, 0.15) is 24.4 Å². The minimum Gasteiger partial charge on any atom is -0.492 e. The number of nitrogens with zero attached hydrogens (tertiary/aromatic N) is 5. The quantitative estimate of drug-likeness (QED) is 0.165. The van der Waals surface area contributed by atoms with E-state index in [4.69, 9.17) is 16.2 Å². The second kappa shape index (κ2) is 8.70. The SMILES string of the molecule is CC1(C)CCOc2c(C(=O)NC3CN4C(N)=NC(CN5C(=O)CN(C6CC6)C5=O)C5N=C(N)N[C@@]54C3(O)O)cccc21. The highest BCUT2D eigenvalue weighted by atomic mass is 16.5. The van der Waals surface area contributed by atoms with Crippen molar-refractivity contribution in [1.29, 1.82) is 0 Å². The van der Waals surface area contributed by atoms with E-state index < -0.39 is 41.5 Å². The first-order valence-electron chi connectivity index (χ1n) is 14.2. The van der Waals surface area contributed by atoms with Crippen molar-refractivity contribution in [1.82, 2.24) is 25.3 Å². The molecule has 3 fully saturated rings. The molecule has 5 heterocycles. The molecule has 1 aromatic carbocycles. The number of guanidine groups is 2. The molecule has 224 valence electrons. The van der Waals surface area contributed by atoms with Crippen LogP contribution in [0.1, 0.15) is 49.0 Å². The molecule has 3 unspecified atom stereocenters. The fraction of sp³-hybridized carbons (Fsp3) is 0.593. The maximum absolute atomic E-state index is 13.6. The molecular formula is C27H35N9O6. The minimum atomic E-state index is -2.66. The summed E-state index contributed by atoms with van der Waals surface area (Å²) in [6.45, 7) is 4.30. The molecule has 42 heavy (non-hydrogen) atoms. The van der Waals surface area contributed by atoms with Crippen LogP contribution in [-0.4, -0.2) is 117 Å². The number of benzene rings is 1. The number of imide groups is 1. The molecule has 4 amide bonds. The van der Waals surface area contributed by atoms with E-state index in [0.717, 1.165) is 29.7 Å². The molecule has 15 nitrogen and oxygen atoms in total. The Morgan fingerprint density at radius 1 is 1.21 bits per heavy atom. The number of rotatable bonds is 5. The first-order chi connectivity index (χ1) is 19.8. The number of nitrogens with two attached hydrogens (primary N) is 2. The molecule has 4 atom stereocenters. The summed E-state index contributed by atoms with van der Waals surface area (Å²) >= 11 is 0. The maximum atomic E-state index is 13.6. The molecule has 2 saturated heterocycles. The van der Waals surface area contributed by atoms with Crippen molar-refractivity contribution in [2.75, 3.05) is 26.2 Å². The molecule has 1 spiro atoms. The van der Waals surface area contributed by atoms with Crippen LogP contribution in [0.2, 0.25) is 0 Å². The highest BCUT2D eigenvalue weighted by Crippen LogP contribution is 2.46. The number of para-hydroxylation sites is 1. The lowest BCUT2D eigenvalue weighted by Crippen LogP contribution is -2.78. The van der Waals surface area contributed by atoms with Crippen LogP contribution in [0.25, 0.3) is 0 Å². The Balaban J connectivity index is 1.18. The van der Waals surface area contributed by atoms with Gasteiger partial charge in [-0.15, -0.1) is 0 Å². The molecule has 0 aromatic heterocycles. The second-order valence-electron chi connectivity index (χ2n) is 12.6. The van der Waals surface area contributed by atoms with Crippen LogP contribution < -0.4 is 26.8 Å². The number of nitrogens with one attached hydrogen (secondary N) is 2. The normalized spacial score (nSPS) is 32.4. The van der Waals surface area contributed by atoms with Crippen LogP contribution in [-0.2, 0) is 10.2 Å². The number of hydrogen-bond acceptors (Lipinski definition) is 12. The summed E-state index contributed by atoms with van der Waals surface area (Å²) in [5.41, 5.74) is 11.6. The fourth-order valence-corrected chi connectivity index (χ4v) is 7.02. The smallest absolute Gasteiger partial charge is 0.327 e. The van der Waals surface area contributed by atoms with E-state index in [9.17, 15) is 24.6 Å². The van der Waals surface area contributed by atoms with Crippen molar-refractivity contribution in [3.8, 4) is 5.75 Å². The Morgan fingerprint density at radius 3 is 2.71 bits per heavy atom. The van der Waals surface area contributed by atoms with Gasteiger partial charge in [0.25, 0.3) is 5.91 Å². The third kappa shape index (κ3) is 3.62. The first kappa shape index (κ1) is 26.8. The maximum Gasteiger partial charge on any atom is 0.327 e. The lowest BCUT2D eigenvalue weighted by Gasteiger charge is -2.49. The van der Waals surface area contributed by atoms with Gasteiger partial charge < -0.3 is 46.9 Å². The second-order valence-corrected chi connectivity index (χ2v) is 12.6. The van der Waals surface area contributed by atoms with Crippen LogP contribution in [0.15, 0.2) is 28.2 Å². The number of aliphatic imine (C=N–C) groups is 2. The van der Waals surface area contributed by atoms with Crippen LogP contribution in [0.3, 0.4) is 0 Å². The number of aliphatic hydroxyl groups is 2. The average Bonchev–Trinajstić information content (AvgIpc) is 3.59. The molecule has 0 radical (unpaired) electrons. The van der Waals surface area contributed by atoms with E-state index in [-0.39, 0.29) is 54.5 Å². The predicted molar refractivity (Wildman–Crippen MR) is 148 cm³/mol. The molecule has 8 N–H and O–H groups in total. The lowest BCUT2D eigenvalue weighted by molar-refractivity contribution is -0.230. The molecular weight excluding hydrogens is 546 g/mol. The summed E-state index contributed by atoms with van der Waals surface area (Å²) in [5.74, 6) is -3.28. The van der Waals surface area contributed by atoms with E-state index in [0.29, 0.717) is 12.4 Å². The molecule has 6 aliphatic rings. The van der Waals surface area contributed by atoms with Crippen molar-refractivity contribution in [3.63, 3.8) is 0 Å². The summed E-state index contributed by atoms with van der Waals surface area (Å²) < 4.78 is 5.90. The molecule has 1 aliphatic carbocycles. The van der Waals surface area contributed by atoms with Crippen LogP contribution in [0.4, 0.5) is 4.79 Å². The van der Waals surface area contributed by atoms with Crippen LogP contribution >= 0.6 is 0 Å². The number of hydrogen-bond donors (Lipinski definition) is 6. The molecule has 7 rings (SSSR count). The van der Waals surface area contributed by atoms with E-state index in [1.165, 1.54) is 4.90 Å². The van der Waals surface area contributed by atoms with Gasteiger partial charge in [-0.1, -0.05) is 26.0 Å². The van der Waals surface area contributed by atoms with Crippen molar-refractivity contribution < 1.29 is 29.3 Å². The summed E-state index contributed by atoms with van der Waals surface area (Å²) in [4.78, 5) is 52.4. The van der Waals surface area contributed by atoms with Gasteiger partial charge in [-0.25, -0.2) is 14.8 Å². The molecule has 15 heteroatoms. The van der Waals surface area contributed by atoms with Gasteiger partial charge in [-0.2, -0.15) is 0 Å². The third-order valence-corrected chi connectivity index (χ3v) is 9.51. The summed E-state index contributed by atoms with van der Waals surface area (Å²) in [5, 5.41) is 29.2. The molecule has 5 aliphatic heterocycles. The number of amides is 4. The number of fused-ring (bicyclic) bond motifs is 1. The van der Waals surface area contributed by atoms with Gasteiger partial charge in [-0.3, -0.25) is 14.5 Å². The summed E-state index contributed by atoms with van der Waals surface area (Å²) in [6, 6.07) is 1.73. The third-order valence-electron chi connectivity index (χ3n) is 9.51. The van der Waals surface area contributed by atoms with Gasteiger partial charge in [0.05, 0.1) is 24.8 Å². The summed E-state index contributed by atoms with van der Waals surface area (Å²) in [6.07, 6.45) is 2.50. The number of urea groups is 1. The van der Waals surface area contributed by atoms with Crippen LogP contribution in [0, 0.1) is 0 Å². The van der Waals surface area contributed by atoms with E-state index in [1.54, 1.807) is 17.0 Å². The zero-order valence-electron chi connectivity index (χ0n) is 23.4. The van der Waals surface area contributed by atoms with Gasteiger partial charge in [0.15, 0.2) is 17.6 Å². The lowest BCUT2D eigenvalue weighted by atomic mass is 9.79. The van der Waals surface area contributed by atoms with Gasteiger partial charge >= 0.3 is 6.03 Å². The average molecular weight is 582 g/mol. The zero-order chi connectivity index (χ0) is 29.8.